The highest BCUT2D eigenvalue weighted by atomic mass is 16.5. The molecule has 2 rings (SSSR count). The van der Waals surface area contributed by atoms with Crippen LogP contribution in [-0.2, 0) is 6.42 Å². The molecule has 2 unspecified atom stereocenters. The Morgan fingerprint density at radius 3 is 2.24 bits per heavy atom. The second kappa shape index (κ2) is 6.47. The maximum atomic E-state index is 10.1. The zero-order chi connectivity index (χ0) is 15.4. The molecule has 5 heteroatoms. The van der Waals surface area contributed by atoms with Crippen molar-refractivity contribution in [2.24, 2.45) is 0 Å². The van der Waals surface area contributed by atoms with Crippen LogP contribution in [0.25, 0.3) is 0 Å². The molecule has 0 saturated heterocycles. The van der Waals surface area contributed by atoms with Crippen LogP contribution in [0.5, 0.6) is 17.2 Å². The van der Waals surface area contributed by atoms with E-state index in [-0.39, 0.29) is 23.5 Å². The van der Waals surface area contributed by atoms with Gasteiger partial charge in [-0.2, -0.15) is 0 Å². The minimum Gasteiger partial charge on any atom is -0.508 e. The van der Waals surface area contributed by atoms with Crippen LogP contribution < -0.4 is 4.74 Å². The van der Waals surface area contributed by atoms with Crippen molar-refractivity contribution in [3.63, 3.8) is 0 Å². The highest BCUT2D eigenvalue weighted by Crippen LogP contribution is 2.31. The lowest BCUT2D eigenvalue weighted by Gasteiger charge is -2.19. The van der Waals surface area contributed by atoms with Gasteiger partial charge in [-0.25, -0.2) is 0 Å². The van der Waals surface area contributed by atoms with E-state index in [2.05, 4.69) is 0 Å². The van der Waals surface area contributed by atoms with E-state index in [0.717, 1.165) is 5.56 Å². The highest BCUT2D eigenvalue weighted by molar-refractivity contribution is 5.41. The molecule has 0 saturated carbocycles. The number of aliphatic hydroxyl groups is 2. The number of ether oxygens (including phenoxy) is 1. The summed E-state index contributed by atoms with van der Waals surface area (Å²) in [6.07, 6.45) is -2.09. The summed E-state index contributed by atoms with van der Waals surface area (Å²) < 4.78 is 4.97. The van der Waals surface area contributed by atoms with Gasteiger partial charge in [-0.3, -0.25) is 0 Å². The maximum Gasteiger partial charge on any atom is 0.125 e. The second-order valence-corrected chi connectivity index (χ2v) is 4.81. The van der Waals surface area contributed by atoms with Crippen molar-refractivity contribution in [1.82, 2.24) is 0 Å². The number of phenols is 2. The SMILES string of the molecule is COc1ccc(C(O)C(O)Cc2ccc(O)cc2)c(O)c1. The Labute approximate surface area is 122 Å². The van der Waals surface area contributed by atoms with Crippen molar-refractivity contribution in [2.75, 3.05) is 7.11 Å². The summed E-state index contributed by atoms with van der Waals surface area (Å²) in [5, 5.41) is 39.3. The summed E-state index contributed by atoms with van der Waals surface area (Å²) in [6, 6.07) is 10.9. The van der Waals surface area contributed by atoms with Crippen LogP contribution in [0.3, 0.4) is 0 Å². The van der Waals surface area contributed by atoms with E-state index in [1.54, 1.807) is 18.2 Å². The summed E-state index contributed by atoms with van der Waals surface area (Å²) >= 11 is 0. The summed E-state index contributed by atoms with van der Waals surface area (Å²) in [5.74, 6) is 0.477. The first-order valence-electron chi connectivity index (χ1n) is 6.52. The summed E-state index contributed by atoms with van der Waals surface area (Å²) in [6.45, 7) is 0. The molecular formula is C16H18O5. The fourth-order valence-corrected chi connectivity index (χ4v) is 2.09. The van der Waals surface area contributed by atoms with E-state index in [1.807, 2.05) is 0 Å². The third-order valence-electron chi connectivity index (χ3n) is 3.30. The molecule has 2 aromatic rings. The molecule has 0 aliphatic carbocycles. The minimum absolute atomic E-state index is 0.133. The predicted molar refractivity (Wildman–Crippen MR) is 77.4 cm³/mol. The van der Waals surface area contributed by atoms with Gasteiger partial charge in [-0.15, -0.1) is 0 Å². The maximum absolute atomic E-state index is 10.1. The highest BCUT2D eigenvalue weighted by Gasteiger charge is 2.22. The van der Waals surface area contributed by atoms with Crippen LogP contribution in [0, 0.1) is 0 Å². The van der Waals surface area contributed by atoms with Gasteiger partial charge in [0.15, 0.2) is 0 Å². The Morgan fingerprint density at radius 1 is 1.00 bits per heavy atom. The average molecular weight is 290 g/mol. The fourth-order valence-electron chi connectivity index (χ4n) is 2.09. The van der Waals surface area contributed by atoms with Gasteiger partial charge in [-0.05, 0) is 29.8 Å². The van der Waals surface area contributed by atoms with Crippen LogP contribution in [0.1, 0.15) is 17.2 Å². The first-order chi connectivity index (χ1) is 10.0. The molecule has 0 aliphatic heterocycles. The summed E-state index contributed by atoms with van der Waals surface area (Å²) in [4.78, 5) is 0. The molecule has 0 amide bonds. The van der Waals surface area contributed by atoms with E-state index in [4.69, 9.17) is 4.74 Å². The van der Waals surface area contributed by atoms with Crippen molar-refractivity contribution in [1.29, 1.82) is 0 Å². The lowest BCUT2D eigenvalue weighted by atomic mass is 9.97. The monoisotopic (exact) mass is 290 g/mol. The smallest absolute Gasteiger partial charge is 0.125 e. The molecule has 0 aliphatic rings. The van der Waals surface area contributed by atoms with E-state index in [1.165, 1.54) is 31.4 Å². The van der Waals surface area contributed by atoms with Crippen molar-refractivity contribution < 1.29 is 25.2 Å². The largest absolute Gasteiger partial charge is 0.508 e. The average Bonchev–Trinajstić information content (AvgIpc) is 2.48. The predicted octanol–water partition coefficient (Wildman–Crippen LogP) is 1.74. The molecular weight excluding hydrogens is 272 g/mol. The minimum atomic E-state index is -1.22. The van der Waals surface area contributed by atoms with E-state index in [0.29, 0.717) is 5.75 Å². The molecule has 0 spiro atoms. The quantitative estimate of drug-likeness (QED) is 0.673. The molecule has 4 N–H and O–H groups in total. The topological polar surface area (TPSA) is 90.2 Å². The molecule has 0 radical (unpaired) electrons. The van der Waals surface area contributed by atoms with Gasteiger partial charge in [0.25, 0.3) is 0 Å². The van der Waals surface area contributed by atoms with Crippen molar-refractivity contribution in [2.45, 2.75) is 18.6 Å². The van der Waals surface area contributed by atoms with Crippen LogP contribution >= 0.6 is 0 Å². The zero-order valence-electron chi connectivity index (χ0n) is 11.6. The van der Waals surface area contributed by atoms with Crippen molar-refractivity contribution in [3.8, 4) is 17.2 Å². The number of hydrogen-bond acceptors (Lipinski definition) is 5. The molecule has 5 nitrogen and oxygen atoms in total. The lowest BCUT2D eigenvalue weighted by Crippen LogP contribution is -2.21. The Morgan fingerprint density at radius 2 is 1.67 bits per heavy atom. The Hall–Kier alpha value is -2.24. The third kappa shape index (κ3) is 3.65. The number of benzene rings is 2. The molecule has 0 aromatic heterocycles. The number of hydrogen-bond donors (Lipinski definition) is 4. The van der Waals surface area contributed by atoms with Gasteiger partial charge in [0, 0.05) is 18.1 Å². The Kier molecular flexibility index (Phi) is 4.67. The van der Waals surface area contributed by atoms with Crippen LogP contribution in [0.4, 0.5) is 0 Å². The molecule has 2 aromatic carbocycles. The molecule has 2 atom stereocenters. The molecule has 0 fully saturated rings. The normalized spacial score (nSPS) is 13.7. The Bertz CT molecular complexity index is 594. The van der Waals surface area contributed by atoms with E-state index < -0.39 is 12.2 Å². The van der Waals surface area contributed by atoms with Crippen molar-refractivity contribution in [3.05, 3.63) is 53.6 Å². The van der Waals surface area contributed by atoms with Gasteiger partial charge < -0.3 is 25.2 Å². The van der Waals surface area contributed by atoms with Crippen LogP contribution in [0.15, 0.2) is 42.5 Å². The Balaban J connectivity index is 2.11. The van der Waals surface area contributed by atoms with Crippen LogP contribution in [0.2, 0.25) is 0 Å². The second-order valence-electron chi connectivity index (χ2n) is 4.81. The fraction of sp³-hybridized carbons (Fsp3) is 0.250. The molecule has 0 bridgehead atoms. The van der Waals surface area contributed by atoms with Gasteiger partial charge in [-0.1, -0.05) is 12.1 Å². The molecule has 0 heterocycles. The van der Waals surface area contributed by atoms with Crippen LogP contribution in [-0.4, -0.2) is 33.6 Å². The number of aromatic hydroxyl groups is 2. The van der Waals surface area contributed by atoms with Gasteiger partial charge in [0.05, 0.1) is 13.2 Å². The first kappa shape index (κ1) is 15.2. The zero-order valence-corrected chi connectivity index (χ0v) is 11.6. The van der Waals surface area contributed by atoms with Crippen molar-refractivity contribution >= 4 is 0 Å². The number of methoxy groups -OCH3 is 1. The lowest BCUT2D eigenvalue weighted by molar-refractivity contribution is 0.0176. The molecule has 112 valence electrons. The number of aliphatic hydroxyl groups excluding tert-OH is 2. The number of rotatable bonds is 5. The van der Waals surface area contributed by atoms with E-state index in [9.17, 15) is 20.4 Å². The number of phenolic OH excluding ortho intramolecular Hbond substituents is 2. The van der Waals surface area contributed by atoms with Gasteiger partial charge in [0.1, 0.15) is 23.4 Å². The summed E-state index contributed by atoms with van der Waals surface area (Å²) in [7, 11) is 1.48. The van der Waals surface area contributed by atoms with Gasteiger partial charge >= 0.3 is 0 Å². The third-order valence-corrected chi connectivity index (χ3v) is 3.30. The summed E-state index contributed by atoms with van der Waals surface area (Å²) in [5.41, 5.74) is 1.01. The first-order valence-corrected chi connectivity index (χ1v) is 6.52. The van der Waals surface area contributed by atoms with E-state index >= 15 is 0 Å². The standard InChI is InChI=1S/C16H18O5/c1-21-12-6-7-13(14(18)9-12)16(20)15(19)8-10-2-4-11(17)5-3-10/h2-7,9,15-20H,8H2,1H3. The molecule has 21 heavy (non-hydrogen) atoms. The van der Waals surface area contributed by atoms with Gasteiger partial charge in [0.2, 0.25) is 0 Å².